The Balaban J connectivity index is 2.18. The van der Waals surface area contributed by atoms with Crippen LogP contribution in [-0.4, -0.2) is 43.8 Å². The van der Waals surface area contributed by atoms with Crippen LogP contribution in [0.2, 0.25) is 0 Å². The maximum absolute atomic E-state index is 13.1. The first kappa shape index (κ1) is 22.3. The third-order valence-electron chi connectivity index (χ3n) is 3.99. The summed E-state index contributed by atoms with van der Waals surface area (Å²) in [5, 5.41) is 2.52. The summed E-state index contributed by atoms with van der Waals surface area (Å²) in [6.07, 6.45) is 0.445. The van der Waals surface area contributed by atoms with Crippen LogP contribution in [-0.2, 0) is 30.9 Å². The highest BCUT2D eigenvalue weighted by Crippen LogP contribution is 2.18. The first-order valence-electron chi connectivity index (χ1n) is 9.02. The van der Waals surface area contributed by atoms with Crippen molar-refractivity contribution in [2.45, 2.75) is 24.5 Å². The van der Waals surface area contributed by atoms with Gasteiger partial charge in [0.05, 0.1) is 4.90 Å². The Labute approximate surface area is 171 Å². The SMILES string of the molecule is C=CCNC(=O)[C@H](C)OC(=O)CN(Cc1ccccc1)S(=O)(=O)c1ccccc1. The quantitative estimate of drug-likeness (QED) is 0.473. The maximum atomic E-state index is 13.1. The molecule has 1 atom stereocenters. The van der Waals surface area contributed by atoms with Crippen molar-refractivity contribution in [2.24, 2.45) is 0 Å². The standard InChI is InChI=1S/C21H24N2O5S/c1-3-14-22-21(25)17(2)28-20(24)16-23(15-18-10-6-4-7-11-18)29(26,27)19-12-8-5-9-13-19/h3-13,17H,1,14-16H2,2H3,(H,22,25)/t17-/m0/s1. The Morgan fingerprint density at radius 3 is 2.28 bits per heavy atom. The molecule has 0 unspecified atom stereocenters. The second-order valence-electron chi connectivity index (χ2n) is 6.24. The van der Waals surface area contributed by atoms with Crippen molar-refractivity contribution in [2.75, 3.05) is 13.1 Å². The van der Waals surface area contributed by atoms with Gasteiger partial charge in [-0.25, -0.2) is 8.42 Å². The molecule has 0 aliphatic carbocycles. The van der Waals surface area contributed by atoms with E-state index in [1.54, 1.807) is 42.5 Å². The van der Waals surface area contributed by atoms with Crippen LogP contribution in [0.4, 0.5) is 0 Å². The minimum atomic E-state index is -3.95. The Kier molecular flexibility index (Phi) is 8.11. The van der Waals surface area contributed by atoms with Crippen molar-refractivity contribution in [3.05, 3.63) is 78.9 Å². The number of nitrogens with zero attached hydrogens (tertiary/aromatic N) is 1. The van der Waals surface area contributed by atoms with Crippen molar-refractivity contribution in [3.63, 3.8) is 0 Å². The summed E-state index contributed by atoms with van der Waals surface area (Å²) in [4.78, 5) is 24.3. The molecule has 0 aliphatic heterocycles. The van der Waals surface area contributed by atoms with E-state index in [1.165, 1.54) is 25.1 Å². The minimum absolute atomic E-state index is 0.00971. The molecule has 1 amide bonds. The molecule has 154 valence electrons. The predicted octanol–water partition coefficient (Wildman–Crippen LogP) is 2.11. The Morgan fingerprint density at radius 1 is 1.10 bits per heavy atom. The fourth-order valence-corrected chi connectivity index (χ4v) is 3.90. The van der Waals surface area contributed by atoms with Gasteiger partial charge >= 0.3 is 5.97 Å². The van der Waals surface area contributed by atoms with Gasteiger partial charge < -0.3 is 10.1 Å². The van der Waals surface area contributed by atoms with E-state index in [4.69, 9.17) is 4.74 Å². The van der Waals surface area contributed by atoms with Gasteiger partial charge in [-0.3, -0.25) is 9.59 Å². The van der Waals surface area contributed by atoms with Crippen LogP contribution < -0.4 is 5.32 Å². The van der Waals surface area contributed by atoms with Gasteiger partial charge in [0.15, 0.2) is 6.10 Å². The summed E-state index contributed by atoms with van der Waals surface area (Å²) in [7, 11) is -3.95. The second-order valence-corrected chi connectivity index (χ2v) is 8.18. The van der Waals surface area contributed by atoms with E-state index in [-0.39, 0.29) is 18.0 Å². The molecule has 0 bridgehead atoms. The zero-order valence-electron chi connectivity index (χ0n) is 16.2. The number of amides is 1. The third-order valence-corrected chi connectivity index (χ3v) is 5.79. The number of esters is 1. The number of nitrogens with one attached hydrogen (secondary N) is 1. The lowest BCUT2D eigenvalue weighted by Gasteiger charge is -2.22. The average molecular weight is 416 g/mol. The lowest BCUT2D eigenvalue weighted by atomic mass is 10.2. The van der Waals surface area contributed by atoms with Crippen LogP contribution in [0.3, 0.4) is 0 Å². The molecule has 0 fully saturated rings. The molecule has 0 aromatic heterocycles. The Morgan fingerprint density at radius 2 is 1.69 bits per heavy atom. The normalized spacial score (nSPS) is 12.2. The number of benzene rings is 2. The summed E-state index contributed by atoms with van der Waals surface area (Å²) in [5.41, 5.74) is 0.719. The highest BCUT2D eigenvalue weighted by atomic mass is 32.2. The van der Waals surface area contributed by atoms with Gasteiger partial charge in [0.1, 0.15) is 6.54 Å². The van der Waals surface area contributed by atoms with Gasteiger partial charge in [-0.1, -0.05) is 54.6 Å². The summed E-state index contributed by atoms with van der Waals surface area (Å²) < 4.78 is 32.3. The number of hydrogen-bond acceptors (Lipinski definition) is 5. The predicted molar refractivity (Wildman–Crippen MR) is 109 cm³/mol. The molecule has 0 saturated carbocycles. The van der Waals surface area contributed by atoms with Crippen molar-refractivity contribution >= 4 is 21.9 Å². The first-order chi connectivity index (χ1) is 13.8. The number of carbonyl (C=O) groups is 2. The summed E-state index contributed by atoms with van der Waals surface area (Å²) in [6.45, 7) is 4.62. The number of ether oxygens (including phenoxy) is 1. The molecule has 2 aromatic rings. The molecule has 7 nitrogen and oxygen atoms in total. The maximum Gasteiger partial charge on any atom is 0.322 e. The molecule has 0 radical (unpaired) electrons. The Bertz CT molecular complexity index is 930. The van der Waals surface area contributed by atoms with Crippen LogP contribution in [0, 0.1) is 0 Å². The van der Waals surface area contributed by atoms with Crippen molar-refractivity contribution in [3.8, 4) is 0 Å². The van der Waals surface area contributed by atoms with E-state index in [2.05, 4.69) is 11.9 Å². The fourth-order valence-electron chi connectivity index (χ4n) is 2.50. The molecule has 1 N–H and O–H groups in total. The zero-order valence-corrected chi connectivity index (χ0v) is 17.0. The molecule has 29 heavy (non-hydrogen) atoms. The summed E-state index contributed by atoms with van der Waals surface area (Å²) in [5.74, 6) is -1.31. The molecule has 0 saturated heterocycles. The number of hydrogen-bond donors (Lipinski definition) is 1. The van der Waals surface area contributed by atoms with E-state index in [0.29, 0.717) is 0 Å². The van der Waals surface area contributed by atoms with Crippen LogP contribution in [0.5, 0.6) is 0 Å². The van der Waals surface area contributed by atoms with E-state index in [0.717, 1.165) is 9.87 Å². The molecular formula is C21H24N2O5S. The molecule has 0 heterocycles. The van der Waals surface area contributed by atoms with Crippen molar-refractivity contribution in [1.82, 2.24) is 9.62 Å². The van der Waals surface area contributed by atoms with Gasteiger partial charge in [-0.15, -0.1) is 6.58 Å². The monoisotopic (exact) mass is 416 g/mol. The molecular weight excluding hydrogens is 392 g/mol. The molecule has 2 aromatic carbocycles. The summed E-state index contributed by atoms with van der Waals surface area (Å²) >= 11 is 0. The van der Waals surface area contributed by atoms with Crippen molar-refractivity contribution in [1.29, 1.82) is 0 Å². The van der Waals surface area contributed by atoms with E-state index in [1.807, 2.05) is 6.07 Å². The fraction of sp³-hybridized carbons (Fsp3) is 0.238. The topological polar surface area (TPSA) is 92.8 Å². The molecule has 0 spiro atoms. The number of carbonyl (C=O) groups excluding carboxylic acids is 2. The van der Waals surface area contributed by atoms with Crippen molar-refractivity contribution < 1.29 is 22.7 Å². The highest BCUT2D eigenvalue weighted by Gasteiger charge is 2.28. The van der Waals surface area contributed by atoms with Gasteiger partial charge in [-0.05, 0) is 24.6 Å². The second kappa shape index (κ2) is 10.5. The van der Waals surface area contributed by atoms with Gasteiger partial charge in [0.2, 0.25) is 10.0 Å². The molecule has 8 heteroatoms. The molecule has 0 aliphatic rings. The number of sulfonamides is 1. The largest absolute Gasteiger partial charge is 0.452 e. The Hall–Kier alpha value is -2.97. The van der Waals surface area contributed by atoms with E-state index in [9.17, 15) is 18.0 Å². The van der Waals surface area contributed by atoms with Crippen LogP contribution in [0.25, 0.3) is 0 Å². The summed E-state index contributed by atoms with van der Waals surface area (Å²) in [6, 6.07) is 16.8. The average Bonchev–Trinajstić information content (AvgIpc) is 2.72. The lowest BCUT2D eigenvalue weighted by molar-refractivity contribution is -0.154. The van der Waals surface area contributed by atoms with Gasteiger partial charge in [0, 0.05) is 13.1 Å². The van der Waals surface area contributed by atoms with Gasteiger partial charge in [0.25, 0.3) is 5.91 Å². The van der Waals surface area contributed by atoms with Crippen LogP contribution >= 0.6 is 0 Å². The van der Waals surface area contributed by atoms with Crippen LogP contribution in [0.15, 0.2) is 78.2 Å². The van der Waals surface area contributed by atoms with Crippen LogP contribution in [0.1, 0.15) is 12.5 Å². The lowest BCUT2D eigenvalue weighted by Crippen LogP contribution is -2.40. The minimum Gasteiger partial charge on any atom is -0.452 e. The third kappa shape index (κ3) is 6.55. The smallest absolute Gasteiger partial charge is 0.322 e. The van der Waals surface area contributed by atoms with E-state index >= 15 is 0 Å². The zero-order chi connectivity index (χ0) is 21.3. The van der Waals surface area contributed by atoms with E-state index < -0.39 is 34.5 Å². The molecule has 2 rings (SSSR count). The highest BCUT2D eigenvalue weighted by molar-refractivity contribution is 7.89. The number of rotatable bonds is 10. The first-order valence-corrected chi connectivity index (χ1v) is 10.5. The van der Waals surface area contributed by atoms with Gasteiger partial charge in [-0.2, -0.15) is 4.31 Å².